The number of aryl methyl sites for hydroxylation is 2. The third-order valence-corrected chi connectivity index (χ3v) is 4.03. The second kappa shape index (κ2) is 5.40. The first-order chi connectivity index (χ1) is 10.5. The fourth-order valence-corrected chi connectivity index (χ4v) is 2.92. The number of amides is 1. The van der Waals surface area contributed by atoms with Gasteiger partial charge in [-0.2, -0.15) is 0 Å². The lowest BCUT2D eigenvalue weighted by molar-refractivity contribution is -0.143. The molecule has 7 nitrogen and oxygen atoms in total. The zero-order valence-corrected chi connectivity index (χ0v) is 12.5. The highest BCUT2D eigenvalue weighted by Gasteiger charge is 2.30. The van der Waals surface area contributed by atoms with E-state index in [1.54, 1.807) is 24.8 Å². The van der Waals surface area contributed by atoms with E-state index in [-0.39, 0.29) is 12.5 Å². The molecular formula is C15H17N3O4. The van der Waals surface area contributed by atoms with Gasteiger partial charge in [0.2, 0.25) is 0 Å². The van der Waals surface area contributed by atoms with Crippen molar-refractivity contribution in [1.82, 2.24) is 15.0 Å². The van der Waals surface area contributed by atoms with Crippen LogP contribution in [-0.2, 0) is 4.79 Å². The number of hydrogen-bond donors (Lipinski definition) is 1. The van der Waals surface area contributed by atoms with Crippen molar-refractivity contribution in [3.8, 4) is 0 Å². The normalized spacial score (nSPS) is 18.6. The van der Waals surface area contributed by atoms with E-state index in [1.165, 1.54) is 0 Å². The van der Waals surface area contributed by atoms with Crippen LogP contribution < -0.4 is 0 Å². The lowest BCUT2D eigenvalue weighted by Gasteiger charge is -2.30. The number of likely N-dealkylation sites (tertiary alicyclic amines) is 1. The predicted molar refractivity (Wildman–Crippen MR) is 77.5 cm³/mol. The molecule has 2 aromatic rings. The minimum absolute atomic E-state index is 0.187. The van der Waals surface area contributed by atoms with Crippen LogP contribution in [0.15, 0.2) is 10.6 Å². The van der Waals surface area contributed by atoms with E-state index in [0.29, 0.717) is 47.4 Å². The number of carbonyl (C=O) groups is 2. The number of rotatable bonds is 2. The van der Waals surface area contributed by atoms with Crippen molar-refractivity contribution >= 4 is 23.0 Å². The van der Waals surface area contributed by atoms with Gasteiger partial charge in [-0.25, -0.2) is 4.98 Å². The van der Waals surface area contributed by atoms with E-state index in [9.17, 15) is 9.59 Å². The van der Waals surface area contributed by atoms with E-state index in [2.05, 4.69) is 10.1 Å². The molecular weight excluding hydrogens is 286 g/mol. The van der Waals surface area contributed by atoms with Crippen molar-refractivity contribution in [2.75, 3.05) is 13.1 Å². The molecule has 1 atom stereocenters. The highest BCUT2D eigenvalue weighted by molar-refractivity contribution is 6.06. The molecule has 3 heterocycles. The SMILES string of the molecule is Cc1cc(C(=O)N2CCC[C@H](C(=O)O)C2)c2c(C)noc2n1. The smallest absolute Gasteiger partial charge is 0.308 e. The van der Waals surface area contributed by atoms with Crippen molar-refractivity contribution < 1.29 is 19.2 Å². The van der Waals surface area contributed by atoms with E-state index in [0.717, 1.165) is 0 Å². The zero-order chi connectivity index (χ0) is 15.9. The first kappa shape index (κ1) is 14.5. The predicted octanol–water partition coefficient (Wildman–Crippen LogP) is 1.78. The summed E-state index contributed by atoms with van der Waals surface area (Å²) in [6.45, 7) is 4.34. The molecule has 7 heteroatoms. The molecule has 0 spiro atoms. The summed E-state index contributed by atoms with van der Waals surface area (Å²) < 4.78 is 5.14. The summed E-state index contributed by atoms with van der Waals surface area (Å²) in [5, 5.41) is 13.6. The molecule has 1 amide bonds. The standard InChI is InChI=1S/C15H17N3O4/c1-8-6-11(12-9(2)17-22-13(12)16-8)14(19)18-5-3-4-10(7-18)15(20)21/h6,10H,3-5,7H2,1-2H3,(H,20,21)/t10-/m0/s1. The van der Waals surface area contributed by atoms with Gasteiger partial charge in [0.25, 0.3) is 11.6 Å². The van der Waals surface area contributed by atoms with Crippen LogP contribution in [0, 0.1) is 19.8 Å². The van der Waals surface area contributed by atoms with Crippen LogP contribution in [0.3, 0.4) is 0 Å². The lowest BCUT2D eigenvalue weighted by atomic mass is 9.97. The molecule has 0 bridgehead atoms. The Hall–Kier alpha value is -2.44. The lowest BCUT2D eigenvalue weighted by Crippen LogP contribution is -2.42. The molecule has 1 N–H and O–H groups in total. The van der Waals surface area contributed by atoms with Crippen molar-refractivity contribution in [3.63, 3.8) is 0 Å². The van der Waals surface area contributed by atoms with Crippen molar-refractivity contribution in [2.45, 2.75) is 26.7 Å². The van der Waals surface area contributed by atoms with E-state index >= 15 is 0 Å². The van der Waals surface area contributed by atoms with Gasteiger partial charge in [-0.05, 0) is 32.8 Å². The Morgan fingerprint density at radius 3 is 2.91 bits per heavy atom. The molecule has 2 aromatic heterocycles. The monoisotopic (exact) mass is 303 g/mol. The summed E-state index contributed by atoms with van der Waals surface area (Å²) in [5.74, 6) is -1.54. The average molecular weight is 303 g/mol. The first-order valence-electron chi connectivity index (χ1n) is 7.23. The van der Waals surface area contributed by atoms with Crippen molar-refractivity contribution in [2.24, 2.45) is 5.92 Å². The van der Waals surface area contributed by atoms with E-state index < -0.39 is 11.9 Å². The Bertz CT molecular complexity index is 753. The summed E-state index contributed by atoms with van der Waals surface area (Å²) in [7, 11) is 0. The summed E-state index contributed by atoms with van der Waals surface area (Å²) in [6, 6.07) is 1.71. The van der Waals surface area contributed by atoms with Gasteiger partial charge in [-0.15, -0.1) is 0 Å². The van der Waals surface area contributed by atoms with Gasteiger partial charge in [0, 0.05) is 18.8 Å². The topological polar surface area (TPSA) is 96.5 Å². The average Bonchev–Trinajstić information content (AvgIpc) is 2.87. The summed E-state index contributed by atoms with van der Waals surface area (Å²) >= 11 is 0. The number of aromatic nitrogens is 2. The molecule has 1 aliphatic heterocycles. The minimum atomic E-state index is -0.852. The second-order valence-electron chi connectivity index (χ2n) is 5.69. The number of carboxylic acids is 1. The van der Waals surface area contributed by atoms with Crippen LogP contribution in [0.25, 0.3) is 11.1 Å². The Labute approximate surface area is 126 Å². The third-order valence-electron chi connectivity index (χ3n) is 4.03. The highest BCUT2D eigenvalue weighted by atomic mass is 16.5. The number of fused-ring (bicyclic) bond motifs is 1. The molecule has 0 unspecified atom stereocenters. The molecule has 1 saturated heterocycles. The summed E-state index contributed by atoms with van der Waals surface area (Å²) in [6.07, 6.45) is 1.30. The maximum atomic E-state index is 12.8. The van der Waals surface area contributed by atoms with Gasteiger partial charge in [0.15, 0.2) is 0 Å². The number of hydrogen-bond acceptors (Lipinski definition) is 5. The molecule has 0 radical (unpaired) electrons. The van der Waals surface area contributed by atoms with Gasteiger partial charge >= 0.3 is 5.97 Å². The van der Waals surface area contributed by atoms with Gasteiger partial charge in [0.1, 0.15) is 0 Å². The van der Waals surface area contributed by atoms with Gasteiger partial charge in [-0.1, -0.05) is 5.16 Å². The zero-order valence-electron chi connectivity index (χ0n) is 12.5. The molecule has 1 aliphatic rings. The second-order valence-corrected chi connectivity index (χ2v) is 5.69. The van der Waals surface area contributed by atoms with Crippen LogP contribution in [-0.4, -0.2) is 45.1 Å². The summed E-state index contributed by atoms with van der Waals surface area (Å²) in [4.78, 5) is 29.8. The number of carboxylic acid groups (broad SMARTS) is 1. The maximum absolute atomic E-state index is 12.8. The first-order valence-corrected chi connectivity index (χ1v) is 7.23. The van der Waals surface area contributed by atoms with Crippen LogP contribution >= 0.6 is 0 Å². The molecule has 22 heavy (non-hydrogen) atoms. The quantitative estimate of drug-likeness (QED) is 0.908. The van der Waals surface area contributed by atoms with Crippen LogP contribution in [0.2, 0.25) is 0 Å². The number of nitrogens with zero attached hydrogens (tertiary/aromatic N) is 3. The Morgan fingerprint density at radius 1 is 1.41 bits per heavy atom. The van der Waals surface area contributed by atoms with Crippen LogP contribution in [0.5, 0.6) is 0 Å². The minimum Gasteiger partial charge on any atom is -0.481 e. The fraction of sp³-hybridized carbons (Fsp3) is 0.467. The van der Waals surface area contributed by atoms with Crippen LogP contribution in [0.1, 0.15) is 34.6 Å². The van der Waals surface area contributed by atoms with E-state index in [4.69, 9.17) is 9.63 Å². The Morgan fingerprint density at radius 2 is 2.18 bits per heavy atom. The molecule has 1 fully saturated rings. The van der Waals surface area contributed by atoms with E-state index in [1.807, 2.05) is 0 Å². The summed E-state index contributed by atoms with van der Waals surface area (Å²) in [5.41, 5.74) is 2.09. The van der Waals surface area contributed by atoms with Crippen LogP contribution in [0.4, 0.5) is 0 Å². The Balaban J connectivity index is 1.98. The third kappa shape index (κ3) is 2.43. The van der Waals surface area contributed by atoms with Gasteiger partial charge < -0.3 is 14.5 Å². The molecule has 116 valence electrons. The van der Waals surface area contributed by atoms with Gasteiger partial charge in [-0.3, -0.25) is 9.59 Å². The number of pyridine rings is 1. The fourth-order valence-electron chi connectivity index (χ4n) is 2.92. The van der Waals surface area contributed by atoms with Gasteiger partial charge in [0.05, 0.1) is 22.6 Å². The largest absolute Gasteiger partial charge is 0.481 e. The molecule has 3 rings (SSSR count). The number of aliphatic carboxylic acids is 1. The molecule has 0 aliphatic carbocycles. The maximum Gasteiger partial charge on any atom is 0.308 e. The molecule has 0 saturated carbocycles. The van der Waals surface area contributed by atoms with Crippen molar-refractivity contribution in [1.29, 1.82) is 0 Å². The number of piperidine rings is 1. The van der Waals surface area contributed by atoms with Crippen molar-refractivity contribution in [3.05, 3.63) is 23.0 Å². The molecule has 0 aromatic carbocycles. The number of carbonyl (C=O) groups excluding carboxylic acids is 1. The Kier molecular flexibility index (Phi) is 3.56. The highest BCUT2D eigenvalue weighted by Crippen LogP contribution is 2.25.